The van der Waals surface area contributed by atoms with Crippen molar-refractivity contribution in [1.82, 2.24) is 4.90 Å². The Morgan fingerprint density at radius 3 is 2.38 bits per heavy atom. The third kappa shape index (κ3) is 3.24. The molecule has 3 rings (SSSR count). The van der Waals surface area contributed by atoms with E-state index in [0.29, 0.717) is 12.0 Å². The summed E-state index contributed by atoms with van der Waals surface area (Å²) in [6.07, 6.45) is 7.26. The third-order valence-electron chi connectivity index (χ3n) is 5.25. The first-order chi connectivity index (χ1) is 10.3. The maximum Gasteiger partial charge on any atom is 0.118 e. The van der Waals surface area contributed by atoms with Gasteiger partial charge in [0.25, 0.3) is 0 Å². The molecule has 0 aromatic heterocycles. The average molecular weight is 289 g/mol. The van der Waals surface area contributed by atoms with Crippen LogP contribution in [0.2, 0.25) is 0 Å². The minimum absolute atomic E-state index is 0.346. The summed E-state index contributed by atoms with van der Waals surface area (Å²) in [6.45, 7) is 2.44. The predicted molar refractivity (Wildman–Crippen MR) is 84.5 cm³/mol. The summed E-state index contributed by atoms with van der Waals surface area (Å²) in [5.41, 5.74) is 1.03. The lowest BCUT2D eigenvalue weighted by Crippen LogP contribution is -2.43. The molecule has 1 N–H and O–H groups in total. The van der Waals surface area contributed by atoms with Crippen molar-refractivity contribution in [2.75, 3.05) is 20.2 Å². The highest BCUT2D eigenvalue weighted by molar-refractivity contribution is 5.29. The Morgan fingerprint density at radius 1 is 1.05 bits per heavy atom. The number of hydrogen-bond acceptors (Lipinski definition) is 3. The molecule has 1 aromatic rings. The monoisotopic (exact) mass is 289 g/mol. The molecule has 116 valence electrons. The number of rotatable bonds is 4. The van der Waals surface area contributed by atoms with E-state index in [9.17, 15) is 5.11 Å². The standard InChI is InChI=1S/C18H27NO2/c1-21-15-10-8-14(9-11-15)18(20)16-6-2-3-7-17(16)19-12-4-5-13-19/h8-11,16-18,20H,2-7,12-13H2,1H3/t16-,17+,18+/m1/s1. The van der Waals surface area contributed by atoms with Crippen molar-refractivity contribution < 1.29 is 9.84 Å². The molecule has 1 saturated heterocycles. The quantitative estimate of drug-likeness (QED) is 0.922. The van der Waals surface area contributed by atoms with Gasteiger partial charge in [-0.2, -0.15) is 0 Å². The van der Waals surface area contributed by atoms with Gasteiger partial charge in [0.1, 0.15) is 5.75 Å². The molecule has 1 aliphatic heterocycles. The van der Waals surface area contributed by atoms with Crippen LogP contribution in [0.3, 0.4) is 0 Å². The van der Waals surface area contributed by atoms with E-state index in [4.69, 9.17) is 4.74 Å². The lowest BCUT2D eigenvalue weighted by Gasteiger charge is -2.40. The highest BCUT2D eigenvalue weighted by Crippen LogP contribution is 2.38. The van der Waals surface area contributed by atoms with Crippen molar-refractivity contribution in [2.24, 2.45) is 5.92 Å². The normalized spacial score (nSPS) is 28.5. The molecule has 1 aromatic carbocycles. The van der Waals surface area contributed by atoms with Gasteiger partial charge in [0, 0.05) is 12.0 Å². The summed E-state index contributed by atoms with van der Waals surface area (Å²) < 4.78 is 5.21. The summed E-state index contributed by atoms with van der Waals surface area (Å²) in [5.74, 6) is 1.23. The third-order valence-corrected chi connectivity index (χ3v) is 5.25. The Bertz CT molecular complexity index is 439. The van der Waals surface area contributed by atoms with Gasteiger partial charge in [-0.3, -0.25) is 0 Å². The second-order valence-corrected chi connectivity index (χ2v) is 6.48. The number of nitrogens with zero attached hydrogens (tertiary/aromatic N) is 1. The van der Waals surface area contributed by atoms with Crippen LogP contribution in [0.15, 0.2) is 24.3 Å². The minimum atomic E-state index is -0.346. The van der Waals surface area contributed by atoms with Crippen molar-refractivity contribution in [1.29, 1.82) is 0 Å². The van der Waals surface area contributed by atoms with E-state index >= 15 is 0 Å². The lowest BCUT2D eigenvalue weighted by atomic mass is 9.78. The molecule has 0 unspecified atom stereocenters. The number of ether oxygens (including phenoxy) is 1. The van der Waals surface area contributed by atoms with Crippen LogP contribution in [0.5, 0.6) is 5.75 Å². The number of aliphatic hydroxyl groups excluding tert-OH is 1. The van der Waals surface area contributed by atoms with Crippen LogP contribution < -0.4 is 4.74 Å². The highest BCUT2D eigenvalue weighted by Gasteiger charge is 2.36. The van der Waals surface area contributed by atoms with E-state index in [1.807, 2.05) is 24.3 Å². The Morgan fingerprint density at radius 2 is 1.71 bits per heavy atom. The van der Waals surface area contributed by atoms with Crippen LogP contribution in [-0.4, -0.2) is 36.2 Å². The fourth-order valence-electron chi connectivity index (χ4n) is 4.08. The molecule has 1 saturated carbocycles. The number of hydrogen-bond donors (Lipinski definition) is 1. The second kappa shape index (κ2) is 6.80. The number of methoxy groups -OCH3 is 1. The van der Waals surface area contributed by atoms with E-state index in [1.165, 1.54) is 45.2 Å². The number of benzene rings is 1. The smallest absolute Gasteiger partial charge is 0.118 e. The largest absolute Gasteiger partial charge is 0.497 e. The van der Waals surface area contributed by atoms with Crippen LogP contribution in [0.4, 0.5) is 0 Å². The van der Waals surface area contributed by atoms with E-state index in [-0.39, 0.29) is 6.10 Å². The summed E-state index contributed by atoms with van der Waals surface area (Å²) >= 11 is 0. The first kappa shape index (κ1) is 14.9. The van der Waals surface area contributed by atoms with Crippen LogP contribution in [0, 0.1) is 5.92 Å². The zero-order valence-corrected chi connectivity index (χ0v) is 13.0. The van der Waals surface area contributed by atoms with Gasteiger partial charge in [-0.25, -0.2) is 0 Å². The zero-order valence-electron chi connectivity index (χ0n) is 13.0. The molecular formula is C18H27NO2. The Kier molecular flexibility index (Phi) is 4.81. The molecule has 1 heterocycles. The van der Waals surface area contributed by atoms with Gasteiger partial charge >= 0.3 is 0 Å². The van der Waals surface area contributed by atoms with Crippen LogP contribution in [0.1, 0.15) is 50.2 Å². The number of likely N-dealkylation sites (tertiary alicyclic amines) is 1. The van der Waals surface area contributed by atoms with E-state index < -0.39 is 0 Å². The maximum absolute atomic E-state index is 10.9. The van der Waals surface area contributed by atoms with Gasteiger partial charge in [-0.1, -0.05) is 25.0 Å². The second-order valence-electron chi connectivity index (χ2n) is 6.48. The summed E-state index contributed by atoms with van der Waals surface area (Å²) in [7, 11) is 1.68. The summed E-state index contributed by atoms with van der Waals surface area (Å²) in [5, 5.41) is 10.9. The molecular weight excluding hydrogens is 262 g/mol. The van der Waals surface area contributed by atoms with Gasteiger partial charge < -0.3 is 14.7 Å². The fraction of sp³-hybridized carbons (Fsp3) is 0.667. The van der Waals surface area contributed by atoms with Crippen molar-refractivity contribution >= 4 is 0 Å². The summed E-state index contributed by atoms with van der Waals surface area (Å²) in [4.78, 5) is 2.62. The van der Waals surface area contributed by atoms with Gasteiger partial charge in [-0.15, -0.1) is 0 Å². The molecule has 3 heteroatoms. The van der Waals surface area contributed by atoms with E-state index in [0.717, 1.165) is 17.7 Å². The Balaban J connectivity index is 1.74. The molecule has 0 bridgehead atoms. The molecule has 0 amide bonds. The molecule has 1 aliphatic carbocycles. The van der Waals surface area contributed by atoms with Crippen LogP contribution in [0.25, 0.3) is 0 Å². The van der Waals surface area contributed by atoms with Gasteiger partial charge in [-0.05, 0) is 56.5 Å². The minimum Gasteiger partial charge on any atom is -0.497 e. The Labute approximate surface area is 127 Å². The molecule has 21 heavy (non-hydrogen) atoms. The summed E-state index contributed by atoms with van der Waals surface area (Å²) in [6, 6.07) is 8.50. The van der Waals surface area contributed by atoms with Crippen molar-refractivity contribution in [3.63, 3.8) is 0 Å². The topological polar surface area (TPSA) is 32.7 Å². The maximum atomic E-state index is 10.9. The van der Waals surface area contributed by atoms with Crippen molar-refractivity contribution in [3.8, 4) is 5.75 Å². The highest BCUT2D eigenvalue weighted by atomic mass is 16.5. The molecule has 2 fully saturated rings. The predicted octanol–water partition coefficient (Wildman–Crippen LogP) is 3.38. The SMILES string of the molecule is COc1ccc([C@H](O)[C@@H]2CCCC[C@@H]2N2CCCC2)cc1. The first-order valence-electron chi connectivity index (χ1n) is 8.35. The average Bonchev–Trinajstić information content (AvgIpc) is 3.08. The van der Waals surface area contributed by atoms with Gasteiger partial charge in [0.05, 0.1) is 13.2 Å². The van der Waals surface area contributed by atoms with E-state index in [1.54, 1.807) is 7.11 Å². The molecule has 3 atom stereocenters. The molecule has 0 spiro atoms. The van der Waals surface area contributed by atoms with Crippen LogP contribution >= 0.6 is 0 Å². The molecule has 2 aliphatic rings. The fourth-order valence-corrected chi connectivity index (χ4v) is 4.08. The van der Waals surface area contributed by atoms with Gasteiger partial charge in [0.2, 0.25) is 0 Å². The number of aliphatic hydroxyl groups is 1. The first-order valence-corrected chi connectivity index (χ1v) is 8.35. The van der Waals surface area contributed by atoms with Gasteiger partial charge in [0.15, 0.2) is 0 Å². The molecule has 0 radical (unpaired) electrons. The van der Waals surface area contributed by atoms with E-state index in [2.05, 4.69) is 4.90 Å². The zero-order chi connectivity index (χ0) is 14.7. The molecule has 3 nitrogen and oxygen atoms in total. The Hall–Kier alpha value is -1.06. The van der Waals surface area contributed by atoms with Crippen molar-refractivity contribution in [3.05, 3.63) is 29.8 Å². The van der Waals surface area contributed by atoms with Crippen molar-refractivity contribution in [2.45, 2.75) is 50.7 Å². The lowest BCUT2D eigenvalue weighted by molar-refractivity contribution is 0.0195. The van der Waals surface area contributed by atoms with Crippen LogP contribution in [-0.2, 0) is 0 Å².